The topological polar surface area (TPSA) is 79.3 Å². The smallest absolute Gasteiger partial charge is 0.322 e. The number of amides is 3. The number of carbonyl (C=O) groups excluding carboxylic acids is 2. The molecule has 3 amide bonds. The monoisotopic (exact) mass is 415 g/mol. The first-order chi connectivity index (χ1) is 14.2. The number of hydrogen-bond donors (Lipinski definition) is 2. The fourth-order valence-corrected chi connectivity index (χ4v) is 2.96. The molecule has 0 atom stereocenters. The summed E-state index contributed by atoms with van der Waals surface area (Å²) in [5.74, 6) is -1.17. The number of fused-ring (bicyclic) bond motifs is 1. The van der Waals surface area contributed by atoms with Crippen LogP contribution in [0.2, 0.25) is 0 Å². The molecule has 0 aliphatic heterocycles. The number of carbonyl (C=O) groups is 2. The van der Waals surface area contributed by atoms with Crippen LogP contribution in [0.15, 0.2) is 36.4 Å². The second-order valence-electron chi connectivity index (χ2n) is 7.33. The average Bonchev–Trinajstić information content (AvgIpc) is 2.98. The van der Waals surface area contributed by atoms with Crippen molar-refractivity contribution < 1.29 is 18.4 Å². The first kappa shape index (κ1) is 21.2. The van der Waals surface area contributed by atoms with Gasteiger partial charge in [0.2, 0.25) is 0 Å². The number of imidazole rings is 1. The maximum atomic E-state index is 13.8. The molecule has 0 saturated carbocycles. The molecule has 2 N–H and O–H groups in total. The highest BCUT2D eigenvalue weighted by atomic mass is 19.1. The van der Waals surface area contributed by atoms with Gasteiger partial charge in [0, 0.05) is 31.8 Å². The van der Waals surface area contributed by atoms with E-state index in [-0.39, 0.29) is 24.2 Å². The van der Waals surface area contributed by atoms with Gasteiger partial charge in [-0.1, -0.05) is 0 Å². The van der Waals surface area contributed by atoms with E-state index >= 15 is 0 Å². The molecular formula is C21H23F2N5O2. The number of aromatic nitrogens is 2. The Kier molecular flexibility index (Phi) is 6.00. The number of hydrogen-bond acceptors (Lipinski definition) is 3. The van der Waals surface area contributed by atoms with E-state index in [1.807, 2.05) is 25.5 Å². The number of nitrogens with zero attached hydrogens (tertiary/aromatic N) is 3. The van der Waals surface area contributed by atoms with Crippen LogP contribution >= 0.6 is 0 Å². The van der Waals surface area contributed by atoms with E-state index in [4.69, 9.17) is 0 Å². The Labute approximate surface area is 172 Å². The molecule has 0 radical (unpaired) electrons. The normalized spacial score (nSPS) is 11.0. The zero-order valence-corrected chi connectivity index (χ0v) is 17.2. The summed E-state index contributed by atoms with van der Waals surface area (Å²) in [6.45, 7) is 3.91. The molecule has 0 spiro atoms. The van der Waals surface area contributed by atoms with Crippen molar-refractivity contribution in [2.24, 2.45) is 7.05 Å². The van der Waals surface area contributed by atoms with E-state index < -0.39 is 17.7 Å². The Balaban J connectivity index is 1.76. The molecule has 1 aromatic heterocycles. The summed E-state index contributed by atoms with van der Waals surface area (Å²) in [6.07, 6.45) is 0. The average molecular weight is 415 g/mol. The predicted molar refractivity (Wildman–Crippen MR) is 110 cm³/mol. The Hall–Kier alpha value is -3.49. The molecule has 1 heterocycles. The van der Waals surface area contributed by atoms with Gasteiger partial charge in [-0.15, -0.1) is 0 Å². The molecule has 3 rings (SSSR count). The van der Waals surface area contributed by atoms with Crippen LogP contribution in [0.3, 0.4) is 0 Å². The number of nitrogens with one attached hydrogen (secondary N) is 2. The van der Waals surface area contributed by atoms with Crippen LogP contribution in [0.4, 0.5) is 19.3 Å². The van der Waals surface area contributed by atoms with Crippen molar-refractivity contribution in [1.29, 1.82) is 0 Å². The third-order valence-corrected chi connectivity index (χ3v) is 4.55. The van der Waals surface area contributed by atoms with Gasteiger partial charge in [0.25, 0.3) is 5.91 Å². The Morgan fingerprint density at radius 2 is 1.90 bits per heavy atom. The summed E-state index contributed by atoms with van der Waals surface area (Å²) < 4.78 is 28.6. The van der Waals surface area contributed by atoms with Crippen molar-refractivity contribution >= 4 is 28.7 Å². The van der Waals surface area contributed by atoms with Gasteiger partial charge in [-0.05, 0) is 44.2 Å². The van der Waals surface area contributed by atoms with E-state index in [0.29, 0.717) is 23.0 Å². The second-order valence-corrected chi connectivity index (χ2v) is 7.33. The van der Waals surface area contributed by atoms with Gasteiger partial charge in [-0.25, -0.2) is 18.6 Å². The Morgan fingerprint density at radius 1 is 1.17 bits per heavy atom. The van der Waals surface area contributed by atoms with Gasteiger partial charge in [-0.3, -0.25) is 4.79 Å². The third kappa shape index (κ3) is 4.56. The van der Waals surface area contributed by atoms with E-state index in [1.165, 1.54) is 11.9 Å². The van der Waals surface area contributed by atoms with Gasteiger partial charge in [0.15, 0.2) is 0 Å². The molecule has 0 saturated heterocycles. The fraction of sp³-hybridized carbons (Fsp3) is 0.286. The van der Waals surface area contributed by atoms with Crippen molar-refractivity contribution in [3.63, 3.8) is 0 Å². The third-order valence-electron chi connectivity index (χ3n) is 4.55. The van der Waals surface area contributed by atoms with E-state index in [0.717, 1.165) is 17.6 Å². The summed E-state index contributed by atoms with van der Waals surface area (Å²) in [6, 6.07) is 7.61. The largest absolute Gasteiger partial charge is 0.350 e. The molecular weight excluding hydrogens is 392 g/mol. The fourth-order valence-electron chi connectivity index (χ4n) is 2.96. The van der Waals surface area contributed by atoms with Gasteiger partial charge in [0.05, 0.1) is 23.3 Å². The first-order valence-corrected chi connectivity index (χ1v) is 9.39. The summed E-state index contributed by atoms with van der Waals surface area (Å²) >= 11 is 0. The lowest BCUT2D eigenvalue weighted by atomic mass is 10.2. The summed E-state index contributed by atoms with van der Waals surface area (Å²) in [7, 11) is 3.35. The lowest BCUT2D eigenvalue weighted by molar-refractivity contribution is 0.0943. The molecule has 0 unspecified atom stereocenters. The van der Waals surface area contributed by atoms with Crippen LogP contribution in [0, 0.1) is 11.6 Å². The molecule has 0 aliphatic rings. The minimum Gasteiger partial charge on any atom is -0.350 e. The summed E-state index contributed by atoms with van der Waals surface area (Å²) in [4.78, 5) is 30.5. The number of anilines is 1. The highest BCUT2D eigenvalue weighted by molar-refractivity contribution is 5.97. The van der Waals surface area contributed by atoms with Gasteiger partial charge in [0.1, 0.15) is 17.5 Å². The molecule has 7 nitrogen and oxygen atoms in total. The highest BCUT2D eigenvalue weighted by Crippen LogP contribution is 2.19. The van der Waals surface area contributed by atoms with Gasteiger partial charge >= 0.3 is 6.03 Å². The van der Waals surface area contributed by atoms with Crippen LogP contribution in [0.25, 0.3) is 11.0 Å². The van der Waals surface area contributed by atoms with Crippen LogP contribution in [-0.2, 0) is 13.6 Å². The van der Waals surface area contributed by atoms with Crippen LogP contribution in [0.5, 0.6) is 0 Å². The number of halogens is 2. The van der Waals surface area contributed by atoms with Gasteiger partial charge < -0.3 is 20.1 Å². The molecule has 30 heavy (non-hydrogen) atoms. The van der Waals surface area contributed by atoms with E-state index in [9.17, 15) is 18.4 Å². The van der Waals surface area contributed by atoms with E-state index in [2.05, 4.69) is 15.6 Å². The molecule has 3 aromatic rings. The Bertz CT molecular complexity index is 1110. The maximum absolute atomic E-state index is 13.8. The van der Waals surface area contributed by atoms with Crippen LogP contribution in [-0.4, -0.2) is 39.5 Å². The minimum atomic E-state index is -0.855. The number of urea groups is 1. The van der Waals surface area contributed by atoms with Crippen LogP contribution in [0.1, 0.15) is 30.0 Å². The molecule has 2 aromatic carbocycles. The summed E-state index contributed by atoms with van der Waals surface area (Å²) in [5, 5.41) is 5.24. The summed E-state index contributed by atoms with van der Waals surface area (Å²) in [5.41, 5.74) is 1.82. The second kappa shape index (κ2) is 8.48. The zero-order chi connectivity index (χ0) is 22.0. The van der Waals surface area contributed by atoms with Crippen molar-refractivity contribution in [3.05, 3.63) is 59.4 Å². The van der Waals surface area contributed by atoms with E-state index in [1.54, 1.807) is 18.2 Å². The maximum Gasteiger partial charge on any atom is 0.322 e. The number of aryl methyl sites for hydroxylation is 1. The highest BCUT2D eigenvalue weighted by Gasteiger charge is 2.17. The number of rotatable bonds is 5. The first-order valence-electron chi connectivity index (χ1n) is 9.39. The lowest BCUT2D eigenvalue weighted by Crippen LogP contribution is -2.32. The van der Waals surface area contributed by atoms with Crippen molar-refractivity contribution in [2.45, 2.75) is 26.4 Å². The standard InChI is InChI=1S/C21H23F2N5O2/c1-12(2)24-20(29)13-5-8-18-17(9-13)25-19(28(18)4)11-27(3)21(30)26-16-7-6-14(22)10-15(16)23/h5-10,12H,11H2,1-4H3,(H,24,29)(H,26,30). The van der Waals surface area contributed by atoms with Crippen molar-refractivity contribution in [3.8, 4) is 0 Å². The lowest BCUT2D eigenvalue weighted by Gasteiger charge is -2.18. The molecule has 158 valence electrons. The minimum absolute atomic E-state index is 0.0191. The van der Waals surface area contributed by atoms with Crippen molar-refractivity contribution in [2.75, 3.05) is 12.4 Å². The zero-order valence-electron chi connectivity index (χ0n) is 17.2. The SMILES string of the molecule is CC(C)NC(=O)c1ccc2c(c1)nc(CN(C)C(=O)Nc1ccc(F)cc1F)n2C. The van der Waals surface area contributed by atoms with Crippen molar-refractivity contribution in [1.82, 2.24) is 19.8 Å². The predicted octanol–water partition coefficient (Wildman–Crippen LogP) is 3.65. The molecule has 0 aliphatic carbocycles. The Morgan fingerprint density at radius 3 is 2.57 bits per heavy atom. The molecule has 0 fully saturated rings. The number of benzene rings is 2. The molecule has 0 bridgehead atoms. The van der Waals surface area contributed by atoms with Gasteiger partial charge in [-0.2, -0.15) is 0 Å². The molecule has 9 heteroatoms. The van der Waals surface area contributed by atoms with Crippen LogP contribution < -0.4 is 10.6 Å². The quantitative estimate of drug-likeness (QED) is 0.668.